The van der Waals surface area contributed by atoms with Crippen molar-refractivity contribution in [1.29, 1.82) is 0 Å². The number of carboxylic acids is 1. The molecule has 1 heterocycles. The van der Waals surface area contributed by atoms with Gasteiger partial charge in [-0.3, -0.25) is 24.6 Å². The van der Waals surface area contributed by atoms with Gasteiger partial charge in [0.15, 0.2) is 0 Å². The summed E-state index contributed by atoms with van der Waals surface area (Å²) in [5, 5.41) is 12.5. The number of carboxylic acid groups (broad SMARTS) is 1. The topological polar surface area (TPSA) is 95.9 Å². The Morgan fingerprint density at radius 2 is 1.87 bits per heavy atom. The number of rotatable bonds is 9. The summed E-state index contributed by atoms with van der Waals surface area (Å²) >= 11 is 0. The van der Waals surface area contributed by atoms with Crippen molar-refractivity contribution in [2.45, 2.75) is 44.7 Å². The summed E-state index contributed by atoms with van der Waals surface area (Å²) in [7, 11) is 0. The lowest BCUT2D eigenvalue weighted by molar-refractivity contribution is -0.146. The van der Waals surface area contributed by atoms with Gasteiger partial charge in [-0.2, -0.15) is 0 Å². The first-order valence-electron chi connectivity index (χ1n) is 10.6. The molecule has 0 spiro atoms. The smallest absolute Gasteiger partial charge is 0.323 e. The fourth-order valence-electron chi connectivity index (χ4n) is 3.88. The van der Waals surface area contributed by atoms with Gasteiger partial charge in [0.05, 0.1) is 12.6 Å². The largest absolute Gasteiger partial charge is 0.480 e. The van der Waals surface area contributed by atoms with Gasteiger partial charge in [-0.05, 0) is 49.8 Å². The van der Waals surface area contributed by atoms with Gasteiger partial charge in [-0.1, -0.05) is 48.5 Å². The standard InChI is InChI=1S/C24H28N2O5/c1-2-31-24(30)20(14-12-17-8-4-3-5-9-17)25-19-15-13-18-10-6-7-11-21(18)26(23(19)29)16-22(27)28/h3-11,19-20,25H,2,12-16H2,1H3,(H,27,28)/t19-,20?/m0/s1. The average Bonchev–Trinajstić information content (AvgIpc) is 2.89. The predicted molar refractivity (Wildman–Crippen MR) is 117 cm³/mol. The predicted octanol–water partition coefficient (Wildman–Crippen LogP) is 2.57. The van der Waals surface area contributed by atoms with Crippen LogP contribution < -0.4 is 10.2 Å². The summed E-state index contributed by atoms with van der Waals surface area (Å²) in [6.07, 6.45) is 2.19. The van der Waals surface area contributed by atoms with Crippen LogP contribution in [0.2, 0.25) is 0 Å². The minimum absolute atomic E-state index is 0.248. The van der Waals surface area contributed by atoms with E-state index in [9.17, 15) is 19.5 Å². The second kappa shape index (κ2) is 10.7. The number of nitrogens with one attached hydrogen (secondary N) is 1. The number of aryl methyl sites for hydroxylation is 2. The molecule has 0 radical (unpaired) electrons. The van der Waals surface area contributed by atoms with Crippen LogP contribution in [0, 0.1) is 0 Å². The molecular weight excluding hydrogens is 396 g/mol. The van der Waals surface area contributed by atoms with Crippen molar-refractivity contribution < 1.29 is 24.2 Å². The number of amides is 1. The molecule has 0 saturated heterocycles. The maximum Gasteiger partial charge on any atom is 0.323 e. The minimum atomic E-state index is -1.09. The molecule has 3 rings (SSSR count). The van der Waals surface area contributed by atoms with E-state index < -0.39 is 30.6 Å². The molecule has 0 fully saturated rings. The third kappa shape index (κ3) is 5.92. The number of nitrogens with zero attached hydrogens (tertiary/aromatic N) is 1. The van der Waals surface area contributed by atoms with E-state index in [1.165, 1.54) is 4.90 Å². The number of esters is 1. The number of carbonyl (C=O) groups is 3. The fourth-order valence-corrected chi connectivity index (χ4v) is 3.88. The van der Waals surface area contributed by atoms with Crippen LogP contribution in [0.25, 0.3) is 0 Å². The normalized spacial score (nSPS) is 16.9. The van der Waals surface area contributed by atoms with Crippen molar-refractivity contribution in [1.82, 2.24) is 5.32 Å². The Balaban J connectivity index is 1.79. The number of benzene rings is 2. The lowest BCUT2D eigenvalue weighted by atomic mass is 10.0. The molecule has 1 aliphatic heterocycles. The number of aliphatic carboxylic acids is 1. The molecule has 2 aromatic rings. The molecule has 0 aliphatic carbocycles. The Labute approximate surface area is 182 Å². The van der Waals surface area contributed by atoms with E-state index in [0.717, 1.165) is 11.1 Å². The molecule has 1 unspecified atom stereocenters. The van der Waals surface area contributed by atoms with Gasteiger partial charge in [0.1, 0.15) is 12.6 Å². The molecule has 7 nitrogen and oxygen atoms in total. The van der Waals surface area contributed by atoms with Crippen LogP contribution in [0.4, 0.5) is 5.69 Å². The highest BCUT2D eigenvalue weighted by Crippen LogP contribution is 2.27. The van der Waals surface area contributed by atoms with Gasteiger partial charge in [0, 0.05) is 5.69 Å². The molecule has 31 heavy (non-hydrogen) atoms. The van der Waals surface area contributed by atoms with Gasteiger partial charge in [0.25, 0.3) is 0 Å². The molecule has 164 valence electrons. The average molecular weight is 424 g/mol. The maximum absolute atomic E-state index is 13.3. The van der Waals surface area contributed by atoms with Crippen LogP contribution in [0.5, 0.6) is 0 Å². The number of ether oxygens (including phenoxy) is 1. The summed E-state index contributed by atoms with van der Waals surface area (Å²) in [6, 6.07) is 15.8. The highest BCUT2D eigenvalue weighted by atomic mass is 16.5. The zero-order chi connectivity index (χ0) is 22.2. The first-order valence-corrected chi connectivity index (χ1v) is 10.6. The molecule has 0 aromatic heterocycles. The molecule has 0 saturated carbocycles. The quantitative estimate of drug-likeness (QED) is 0.601. The Kier molecular flexibility index (Phi) is 7.78. The number of hydrogen-bond donors (Lipinski definition) is 2. The van der Waals surface area contributed by atoms with Crippen LogP contribution in [0.1, 0.15) is 30.9 Å². The van der Waals surface area contributed by atoms with Crippen molar-refractivity contribution >= 4 is 23.5 Å². The fraction of sp³-hybridized carbons (Fsp3) is 0.375. The van der Waals surface area contributed by atoms with Crippen LogP contribution >= 0.6 is 0 Å². The summed E-state index contributed by atoms with van der Waals surface area (Å²) in [5.74, 6) is -1.84. The molecule has 2 aromatic carbocycles. The van der Waals surface area contributed by atoms with E-state index in [4.69, 9.17) is 4.74 Å². The van der Waals surface area contributed by atoms with E-state index in [1.807, 2.05) is 42.5 Å². The van der Waals surface area contributed by atoms with Gasteiger partial charge < -0.3 is 9.84 Å². The monoisotopic (exact) mass is 424 g/mol. The Bertz CT molecular complexity index is 915. The summed E-state index contributed by atoms with van der Waals surface area (Å²) in [5.41, 5.74) is 2.61. The van der Waals surface area contributed by atoms with Crippen molar-refractivity contribution in [2.24, 2.45) is 0 Å². The summed E-state index contributed by atoms with van der Waals surface area (Å²) < 4.78 is 5.23. The van der Waals surface area contributed by atoms with E-state index in [2.05, 4.69) is 5.32 Å². The molecule has 1 amide bonds. The third-order valence-corrected chi connectivity index (χ3v) is 5.38. The van der Waals surface area contributed by atoms with Crippen molar-refractivity contribution in [2.75, 3.05) is 18.1 Å². The van der Waals surface area contributed by atoms with E-state index in [0.29, 0.717) is 31.4 Å². The number of para-hydroxylation sites is 1. The summed E-state index contributed by atoms with van der Waals surface area (Å²) in [4.78, 5) is 38.6. The van der Waals surface area contributed by atoms with Crippen LogP contribution in [-0.4, -0.2) is 48.2 Å². The Morgan fingerprint density at radius 1 is 1.16 bits per heavy atom. The summed E-state index contributed by atoms with van der Waals surface area (Å²) in [6.45, 7) is 1.56. The lowest BCUT2D eigenvalue weighted by Crippen LogP contribution is -2.53. The molecule has 2 atom stereocenters. The second-order valence-corrected chi connectivity index (χ2v) is 7.53. The van der Waals surface area contributed by atoms with E-state index in [1.54, 1.807) is 19.1 Å². The van der Waals surface area contributed by atoms with E-state index >= 15 is 0 Å². The van der Waals surface area contributed by atoms with Crippen molar-refractivity contribution in [3.63, 3.8) is 0 Å². The molecule has 2 N–H and O–H groups in total. The Morgan fingerprint density at radius 3 is 2.58 bits per heavy atom. The van der Waals surface area contributed by atoms with Gasteiger partial charge in [0.2, 0.25) is 5.91 Å². The zero-order valence-electron chi connectivity index (χ0n) is 17.6. The van der Waals surface area contributed by atoms with Gasteiger partial charge in [-0.15, -0.1) is 0 Å². The van der Waals surface area contributed by atoms with Crippen molar-refractivity contribution in [3.8, 4) is 0 Å². The van der Waals surface area contributed by atoms with Gasteiger partial charge >= 0.3 is 11.9 Å². The maximum atomic E-state index is 13.3. The van der Waals surface area contributed by atoms with Crippen LogP contribution in [-0.2, 0) is 32.0 Å². The molecular formula is C24H28N2O5. The second-order valence-electron chi connectivity index (χ2n) is 7.53. The van der Waals surface area contributed by atoms with Gasteiger partial charge in [-0.25, -0.2) is 0 Å². The Hall–Kier alpha value is -3.19. The first-order chi connectivity index (χ1) is 15.0. The number of fused-ring (bicyclic) bond motifs is 1. The third-order valence-electron chi connectivity index (χ3n) is 5.38. The molecule has 0 bridgehead atoms. The van der Waals surface area contributed by atoms with Crippen LogP contribution in [0.15, 0.2) is 54.6 Å². The lowest BCUT2D eigenvalue weighted by Gasteiger charge is -2.27. The highest BCUT2D eigenvalue weighted by molar-refractivity contribution is 6.02. The highest BCUT2D eigenvalue weighted by Gasteiger charge is 2.34. The molecule has 7 heteroatoms. The number of carbonyl (C=O) groups excluding carboxylic acids is 2. The first kappa shape index (κ1) is 22.5. The zero-order valence-corrected chi connectivity index (χ0v) is 17.6. The number of hydrogen-bond acceptors (Lipinski definition) is 5. The SMILES string of the molecule is CCOC(=O)C(CCc1ccccc1)N[C@H]1CCc2ccccc2N(CC(=O)O)C1=O. The number of anilines is 1. The van der Waals surface area contributed by atoms with E-state index in [-0.39, 0.29) is 12.5 Å². The van der Waals surface area contributed by atoms with Crippen LogP contribution in [0.3, 0.4) is 0 Å². The molecule has 1 aliphatic rings. The minimum Gasteiger partial charge on any atom is -0.480 e. The van der Waals surface area contributed by atoms with Crippen molar-refractivity contribution in [3.05, 3.63) is 65.7 Å².